The summed E-state index contributed by atoms with van der Waals surface area (Å²) in [5.41, 5.74) is 1.78. The van der Waals surface area contributed by atoms with Gasteiger partial charge in [0, 0.05) is 5.41 Å². The van der Waals surface area contributed by atoms with Crippen molar-refractivity contribution in [2.75, 3.05) is 6.61 Å². The maximum absolute atomic E-state index is 11.7. The van der Waals surface area contributed by atoms with Gasteiger partial charge in [-0.1, -0.05) is 60.1 Å². The lowest BCUT2D eigenvalue weighted by Gasteiger charge is -2.72. The van der Waals surface area contributed by atoms with Crippen LogP contribution in [0.15, 0.2) is 11.6 Å². The Hall–Kier alpha value is -0.380. The first kappa shape index (κ1) is 24.3. The van der Waals surface area contributed by atoms with Crippen LogP contribution < -0.4 is 0 Å². The minimum atomic E-state index is -0.434. The average Bonchev–Trinajstić information content (AvgIpc) is 2.71. The van der Waals surface area contributed by atoms with Crippen molar-refractivity contribution in [2.45, 2.75) is 118 Å². The quantitative estimate of drug-likeness (QED) is 0.415. The van der Waals surface area contributed by atoms with Crippen molar-refractivity contribution in [1.82, 2.24) is 0 Å². The number of fused-ring (bicyclic) bond motifs is 7. The van der Waals surface area contributed by atoms with Gasteiger partial charge in [0.2, 0.25) is 0 Å². The lowest BCUT2D eigenvalue weighted by Crippen LogP contribution is -2.67. The third-order valence-electron chi connectivity index (χ3n) is 13.2. The molecule has 0 aromatic carbocycles. The van der Waals surface area contributed by atoms with Crippen LogP contribution in [0.2, 0.25) is 0 Å². The molecule has 0 aromatic rings. The van der Waals surface area contributed by atoms with Crippen LogP contribution >= 0.6 is 0 Å². The first-order chi connectivity index (χ1) is 15.2. The van der Waals surface area contributed by atoms with E-state index < -0.39 is 6.10 Å². The van der Waals surface area contributed by atoms with Crippen LogP contribution in [0.1, 0.15) is 106 Å². The maximum Gasteiger partial charge on any atom is 0.0632 e. The van der Waals surface area contributed by atoms with Gasteiger partial charge in [-0.05, 0) is 103 Å². The van der Waals surface area contributed by atoms with E-state index in [2.05, 4.69) is 54.5 Å². The Kier molecular flexibility index (Phi) is 5.23. The summed E-state index contributed by atoms with van der Waals surface area (Å²) < 4.78 is 0. The number of allylic oxidation sites excluding steroid dienone is 2. The van der Waals surface area contributed by atoms with Crippen molar-refractivity contribution < 1.29 is 15.3 Å². The van der Waals surface area contributed by atoms with Crippen molar-refractivity contribution in [3.05, 3.63) is 11.6 Å². The highest BCUT2D eigenvalue weighted by atomic mass is 16.3. The van der Waals surface area contributed by atoms with Crippen molar-refractivity contribution in [1.29, 1.82) is 0 Å². The second-order valence-corrected chi connectivity index (χ2v) is 15.2. The van der Waals surface area contributed by atoms with E-state index >= 15 is 0 Å². The van der Waals surface area contributed by atoms with E-state index in [0.717, 1.165) is 44.9 Å². The molecule has 0 radical (unpaired) electrons. The predicted octanol–water partition coefficient (Wildman–Crippen LogP) is 6.11. The standard InChI is InChI=1S/C30H50O3/c1-25(2)14-15-30(18-31)20(16-25)19-8-9-22-27(5)12-11-23(32)26(3,4)21(27)10-13-28(22,6)29(19,7)17-24(30)33/h8,20-24,31-33H,9-18H2,1-7H3/t20-,21+,22-,23-,24-,27-,28+,29+,30+/m0/s1. The van der Waals surface area contributed by atoms with E-state index in [1.54, 1.807) is 5.57 Å². The zero-order chi connectivity index (χ0) is 24.2. The van der Waals surface area contributed by atoms with E-state index in [9.17, 15) is 15.3 Å². The third kappa shape index (κ3) is 2.91. The molecule has 4 fully saturated rings. The third-order valence-corrected chi connectivity index (χ3v) is 13.2. The zero-order valence-electron chi connectivity index (χ0n) is 22.4. The van der Waals surface area contributed by atoms with E-state index in [1.807, 2.05) is 0 Å². The fourth-order valence-electron chi connectivity index (χ4n) is 10.7. The largest absolute Gasteiger partial charge is 0.396 e. The zero-order valence-corrected chi connectivity index (χ0v) is 22.4. The maximum atomic E-state index is 11.7. The van der Waals surface area contributed by atoms with Crippen LogP contribution in [0.5, 0.6) is 0 Å². The fraction of sp³-hybridized carbons (Fsp3) is 0.933. The SMILES string of the molecule is CC1(C)CC[C@]2(CO)[C@@H](O)C[C@]3(C)C(=CC[C@H]4[C@@]5(C)CC[C@H](O)C(C)(C)[C@H]5CC[C@]43C)[C@@H]2C1. The van der Waals surface area contributed by atoms with Gasteiger partial charge in [0.25, 0.3) is 0 Å². The lowest BCUT2D eigenvalue weighted by molar-refractivity contribution is -0.218. The van der Waals surface area contributed by atoms with Crippen LogP contribution in [-0.2, 0) is 0 Å². The van der Waals surface area contributed by atoms with Gasteiger partial charge in [-0.3, -0.25) is 0 Å². The molecule has 5 rings (SSSR count). The number of aliphatic hydroxyl groups excluding tert-OH is 3. The van der Waals surface area contributed by atoms with Gasteiger partial charge in [-0.25, -0.2) is 0 Å². The summed E-state index contributed by atoms with van der Waals surface area (Å²) in [4.78, 5) is 0. The molecular formula is C30H50O3. The molecule has 9 atom stereocenters. The van der Waals surface area contributed by atoms with Gasteiger partial charge < -0.3 is 15.3 Å². The summed E-state index contributed by atoms with van der Waals surface area (Å²) >= 11 is 0. The van der Waals surface area contributed by atoms with Crippen molar-refractivity contribution >= 4 is 0 Å². The second kappa shape index (κ2) is 7.10. The van der Waals surface area contributed by atoms with Crippen LogP contribution in [0.4, 0.5) is 0 Å². The number of aliphatic hydroxyl groups is 3. The predicted molar refractivity (Wildman–Crippen MR) is 134 cm³/mol. The fourth-order valence-corrected chi connectivity index (χ4v) is 10.7. The molecule has 0 aliphatic heterocycles. The second-order valence-electron chi connectivity index (χ2n) is 15.2. The van der Waals surface area contributed by atoms with E-state index in [4.69, 9.17) is 0 Å². The number of rotatable bonds is 1. The van der Waals surface area contributed by atoms with Gasteiger partial charge in [-0.15, -0.1) is 0 Å². The Morgan fingerprint density at radius 3 is 2.18 bits per heavy atom. The first-order valence-electron chi connectivity index (χ1n) is 13.9. The lowest BCUT2D eigenvalue weighted by atomic mass is 9.33. The molecule has 188 valence electrons. The summed E-state index contributed by atoms with van der Waals surface area (Å²) in [5.74, 6) is 1.41. The minimum Gasteiger partial charge on any atom is -0.396 e. The molecule has 3 N–H and O–H groups in total. The van der Waals surface area contributed by atoms with Crippen molar-refractivity contribution in [3.63, 3.8) is 0 Å². The summed E-state index contributed by atoms with van der Waals surface area (Å²) in [6.07, 6.45) is 11.3. The van der Waals surface area contributed by atoms with Gasteiger partial charge in [0.05, 0.1) is 18.8 Å². The monoisotopic (exact) mass is 458 g/mol. The topological polar surface area (TPSA) is 60.7 Å². The molecule has 0 amide bonds. The van der Waals surface area contributed by atoms with E-state index in [-0.39, 0.29) is 51.1 Å². The number of hydrogen-bond donors (Lipinski definition) is 3. The molecule has 0 saturated heterocycles. The Morgan fingerprint density at radius 2 is 1.52 bits per heavy atom. The van der Waals surface area contributed by atoms with Crippen LogP contribution in [0.25, 0.3) is 0 Å². The summed E-state index contributed by atoms with van der Waals surface area (Å²) in [6.45, 7) is 17.0. The smallest absolute Gasteiger partial charge is 0.0632 e. The molecule has 33 heavy (non-hydrogen) atoms. The molecule has 0 unspecified atom stereocenters. The van der Waals surface area contributed by atoms with E-state index in [1.165, 1.54) is 12.8 Å². The average molecular weight is 459 g/mol. The van der Waals surface area contributed by atoms with Crippen LogP contribution in [0, 0.1) is 50.2 Å². The molecule has 5 aliphatic carbocycles. The van der Waals surface area contributed by atoms with Gasteiger partial charge in [-0.2, -0.15) is 0 Å². The molecule has 5 aliphatic rings. The first-order valence-corrected chi connectivity index (χ1v) is 13.9. The Bertz CT molecular complexity index is 843. The summed E-state index contributed by atoms with van der Waals surface area (Å²) in [5, 5.41) is 33.3. The van der Waals surface area contributed by atoms with Crippen molar-refractivity contribution in [3.8, 4) is 0 Å². The molecule has 0 bridgehead atoms. The normalized spacial score (nSPS) is 54.8. The molecule has 3 nitrogen and oxygen atoms in total. The highest BCUT2D eigenvalue weighted by Gasteiger charge is 2.69. The molecule has 0 aromatic heterocycles. The Morgan fingerprint density at radius 1 is 0.818 bits per heavy atom. The minimum absolute atomic E-state index is 0.0275. The Labute approximate surface area is 202 Å². The molecule has 0 spiro atoms. The molecular weight excluding hydrogens is 408 g/mol. The molecule has 4 saturated carbocycles. The highest BCUT2D eigenvalue weighted by Crippen LogP contribution is 2.75. The summed E-state index contributed by atoms with van der Waals surface area (Å²) in [6, 6.07) is 0. The summed E-state index contributed by atoms with van der Waals surface area (Å²) in [7, 11) is 0. The van der Waals surface area contributed by atoms with Crippen LogP contribution in [-0.4, -0.2) is 34.1 Å². The van der Waals surface area contributed by atoms with E-state index in [0.29, 0.717) is 11.8 Å². The van der Waals surface area contributed by atoms with Gasteiger partial charge >= 0.3 is 0 Å². The molecule has 0 heterocycles. The molecule has 3 heteroatoms. The van der Waals surface area contributed by atoms with Crippen molar-refractivity contribution in [2.24, 2.45) is 50.2 Å². The Balaban J connectivity index is 1.61. The van der Waals surface area contributed by atoms with Gasteiger partial charge in [0.15, 0.2) is 0 Å². The van der Waals surface area contributed by atoms with Gasteiger partial charge in [0.1, 0.15) is 0 Å². The number of hydrogen-bond acceptors (Lipinski definition) is 3. The highest BCUT2D eigenvalue weighted by molar-refractivity contribution is 5.35. The van der Waals surface area contributed by atoms with Crippen LogP contribution in [0.3, 0.4) is 0 Å².